The predicted molar refractivity (Wildman–Crippen MR) is 101 cm³/mol. The number of ether oxygens (including phenoxy) is 1. The number of nitrogens with one attached hydrogen (secondary N) is 1. The van der Waals surface area contributed by atoms with Crippen molar-refractivity contribution in [2.75, 3.05) is 13.7 Å². The second-order valence-electron chi connectivity index (χ2n) is 6.42. The highest BCUT2D eigenvalue weighted by molar-refractivity contribution is 6.42. The van der Waals surface area contributed by atoms with E-state index in [1.807, 2.05) is 25.3 Å². The first-order chi connectivity index (χ1) is 11.6. The molecule has 128 valence electrons. The Morgan fingerprint density at radius 2 is 1.71 bits per heavy atom. The van der Waals surface area contributed by atoms with Gasteiger partial charge in [-0.15, -0.1) is 0 Å². The lowest BCUT2D eigenvalue weighted by Crippen LogP contribution is -2.36. The fourth-order valence-electron chi connectivity index (χ4n) is 3.20. The van der Waals surface area contributed by atoms with Crippen molar-refractivity contribution in [3.05, 3.63) is 69.2 Å². The van der Waals surface area contributed by atoms with E-state index in [0.717, 1.165) is 32.4 Å². The molecule has 1 fully saturated rings. The Balaban J connectivity index is 1.47. The Labute approximate surface area is 154 Å². The van der Waals surface area contributed by atoms with Crippen LogP contribution in [-0.2, 0) is 23.3 Å². The van der Waals surface area contributed by atoms with Gasteiger partial charge in [0, 0.05) is 13.7 Å². The van der Waals surface area contributed by atoms with Gasteiger partial charge in [-0.1, -0.05) is 53.5 Å². The summed E-state index contributed by atoms with van der Waals surface area (Å²) in [5.41, 5.74) is 3.76. The van der Waals surface area contributed by atoms with E-state index in [-0.39, 0.29) is 5.60 Å². The van der Waals surface area contributed by atoms with Crippen molar-refractivity contribution in [2.24, 2.45) is 0 Å². The molecule has 0 bridgehead atoms. The molecule has 0 radical (unpaired) electrons. The van der Waals surface area contributed by atoms with E-state index >= 15 is 0 Å². The molecule has 0 heterocycles. The maximum absolute atomic E-state index is 6.04. The molecule has 0 spiro atoms. The summed E-state index contributed by atoms with van der Waals surface area (Å²) in [7, 11) is 1.82. The average molecular weight is 364 g/mol. The molecule has 0 unspecified atom stereocenters. The Bertz CT molecular complexity index is 675. The predicted octanol–water partition coefficient (Wildman–Crippen LogP) is 5.35. The van der Waals surface area contributed by atoms with Crippen molar-refractivity contribution in [1.29, 1.82) is 0 Å². The number of halogens is 2. The van der Waals surface area contributed by atoms with E-state index in [0.29, 0.717) is 10.0 Å². The molecule has 2 aromatic rings. The number of methoxy groups -OCH3 is 1. The summed E-state index contributed by atoms with van der Waals surface area (Å²) in [6.45, 7) is 1.77. The molecule has 2 aromatic carbocycles. The van der Waals surface area contributed by atoms with Crippen LogP contribution in [0.1, 0.15) is 36.0 Å². The van der Waals surface area contributed by atoms with Gasteiger partial charge in [-0.2, -0.15) is 0 Å². The van der Waals surface area contributed by atoms with Crippen LogP contribution < -0.4 is 5.32 Å². The third-order valence-corrected chi connectivity index (χ3v) is 5.67. The van der Waals surface area contributed by atoms with Crippen LogP contribution in [0.4, 0.5) is 0 Å². The van der Waals surface area contributed by atoms with Crippen molar-refractivity contribution < 1.29 is 4.74 Å². The Morgan fingerprint density at radius 3 is 2.29 bits per heavy atom. The third-order valence-electron chi connectivity index (χ3n) is 4.94. The zero-order valence-electron chi connectivity index (χ0n) is 13.9. The molecule has 1 aliphatic carbocycles. The number of hydrogen-bond acceptors (Lipinski definition) is 2. The highest BCUT2D eigenvalue weighted by atomic mass is 35.5. The Hall–Kier alpha value is -1.06. The van der Waals surface area contributed by atoms with Crippen molar-refractivity contribution in [2.45, 2.75) is 37.8 Å². The zero-order valence-corrected chi connectivity index (χ0v) is 15.5. The molecule has 3 rings (SSSR count). The van der Waals surface area contributed by atoms with Crippen molar-refractivity contribution >= 4 is 23.2 Å². The van der Waals surface area contributed by atoms with Crippen molar-refractivity contribution in [1.82, 2.24) is 5.32 Å². The number of hydrogen-bond donors (Lipinski definition) is 1. The smallest absolute Gasteiger partial charge is 0.0927 e. The summed E-state index contributed by atoms with van der Waals surface area (Å²) >= 11 is 12.0. The van der Waals surface area contributed by atoms with E-state index in [4.69, 9.17) is 27.9 Å². The molecule has 0 aromatic heterocycles. The first-order valence-electron chi connectivity index (χ1n) is 8.42. The minimum absolute atomic E-state index is 0.0280. The van der Waals surface area contributed by atoms with E-state index in [1.165, 1.54) is 23.1 Å². The molecule has 1 aliphatic rings. The summed E-state index contributed by atoms with van der Waals surface area (Å²) in [5, 5.41) is 4.70. The van der Waals surface area contributed by atoms with Crippen LogP contribution in [0.25, 0.3) is 0 Å². The molecule has 4 heteroatoms. The van der Waals surface area contributed by atoms with Crippen LogP contribution in [-0.4, -0.2) is 13.7 Å². The first-order valence-corrected chi connectivity index (χ1v) is 9.18. The first kappa shape index (κ1) is 17.8. The highest BCUT2D eigenvalue weighted by Gasteiger charge is 2.38. The Kier molecular flexibility index (Phi) is 5.83. The van der Waals surface area contributed by atoms with Crippen LogP contribution >= 0.6 is 23.2 Å². The van der Waals surface area contributed by atoms with Crippen LogP contribution in [0.5, 0.6) is 0 Å². The maximum Gasteiger partial charge on any atom is 0.0927 e. The molecule has 1 saturated carbocycles. The molecule has 1 N–H and O–H groups in total. The maximum atomic E-state index is 6.04. The van der Waals surface area contributed by atoms with Gasteiger partial charge in [0.1, 0.15) is 0 Å². The van der Waals surface area contributed by atoms with Crippen LogP contribution in [0.2, 0.25) is 10.0 Å². The fourth-order valence-corrected chi connectivity index (χ4v) is 3.52. The minimum Gasteiger partial charge on any atom is -0.374 e. The van der Waals surface area contributed by atoms with Crippen LogP contribution in [0.3, 0.4) is 0 Å². The van der Waals surface area contributed by atoms with Gasteiger partial charge in [-0.3, -0.25) is 0 Å². The average Bonchev–Trinajstić information content (AvgIpc) is 2.56. The van der Waals surface area contributed by atoms with Gasteiger partial charge in [-0.25, -0.2) is 0 Å². The SMILES string of the molecule is COC1(c2ccc(CNCCc3ccc(Cl)c(Cl)c3)cc2)CCC1. The lowest BCUT2D eigenvalue weighted by Gasteiger charge is -2.41. The Morgan fingerprint density at radius 1 is 1.00 bits per heavy atom. The van der Waals surface area contributed by atoms with Crippen molar-refractivity contribution in [3.63, 3.8) is 0 Å². The fraction of sp³-hybridized carbons (Fsp3) is 0.400. The van der Waals surface area contributed by atoms with E-state index in [1.54, 1.807) is 0 Å². The second-order valence-corrected chi connectivity index (χ2v) is 7.24. The highest BCUT2D eigenvalue weighted by Crippen LogP contribution is 2.44. The molecule has 0 aliphatic heterocycles. The van der Waals surface area contributed by atoms with Gasteiger partial charge >= 0.3 is 0 Å². The largest absolute Gasteiger partial charge is 0.374 e. The topological polar surface area (TPSA) is 21.3 Å². The van der Waals surface area contributed by atoms with Gasteiger partial charge in [0.15, 0.2) is 0 Å². The lowest BCUT2D eigenvalue weighted by molar-refractivity contribution is -0.0778. The van der Waals surface area contributed by atoms with Crippen molar-refractivity contribution in [3.8, 4) is 0 Å². The molecular formula is C20H23Cl2NO. The molecule has 0 atom stereocenters. The molecule has 0 amide bonds. The van der Waals surface area contributed by atoms with E-state index in [2.05, 4.69) is 29.6 Å². The molecular weight excluding hydrogens is 341 g/mol. The minimum atomic E-state index is -0.0280. The quantitative estimate of drug-likeness (QED) is 0.669. The van der Waals surface area contributed by atoms with E-state index < -0.39 is 0 Å². The summed E-state index contributed by atoms with van der Waals surface area (Å²) in [6, 6.07) is 14.6. The summed E-state index contributed by atoms with van der Waals surface area (Å²) in [4.78, 5) is 0. The summed E-state index contributed by atoms with van der Waals surface area (Å²) in [6.07, 6.45) is 4.45. The molecule has 0 saturated heterocycles. The standard InChI is InChI=1S/C20H23Cl2NO/c1-24-20(10-2-11-20)17-6-3-16(4-7-17)14-23-12-9-15-5-8-18(21)19(22)13-15/h3-8,13,23H,2,9-12,14H2,1H3. The zero-order chi connectivity index (χ0) is 17.0. The van der Waals surface area contributed by atoms with Gasteiger partial charge in [-0.05, 0) is 61.1 Å². The van der Waals surface area contributed by atoms with E-state index in [9.17, 15) is 0 Å². The lowest BCUT2D eigenvalue weighted by atomic mass is 9.75. The number of rotatable bonds is 7. The van der Waals surface area contributed by atoms with Gasteiger partial charge < -0.3 is 10.1 Å². The summed E-state index contributed by atoms with van der Waals surface area (Å²) in [5.74, 6) is 0. The summed E-state index contributed by atoms with van der Waals surface area (Å²) < 4.78 is 5.73. The van der Waals surface area contributed by atoms with Crippen LogP contribution in [0, 0.1) is 0 Å². The third kappa shape index (κ3) is 3.94. The molecule has 2 nitrogen and oxygen atoms in total. The van der Waals surface area contributed by atoms with Gasteiger partial charge in [0.2, 0.25) is 0 Å². The van der Waals surface area contributed by atoms with Crippen LogP contribution in [0.15, 0.2) is 42.5 Å². The monoisotopic (exact) mass is 363 g/mol. The second kappa shape index (κ2) is 7.88. The normalized spacial score (nSPS) is 16.0. The van der Waals surface area contributed by atoms with Gasteiger partial charge in [0.25, 0.3) is 0 Å². The van der Waals surface area contributed by atoms with Gasteiger partial charge in [0.05, 0.1) is 15.6 Å². The molecule has 24 heavy (non-hydrogen) atoms. The number of benzene rings is 2.